The molecule has 0 fully saturated rings. The number of halogens is 2. The van der Waals surface area contributed by atoms with Gasteiger partial charge in [-0.3, -0.25) is 0 Å². The quantitative estimate of drug-likeness (QED) is 0.719. The van der Waals surface area contributed by atoms with Gasteiger partial charge in [-0.05, 0) is 0 Å². The molecule has 80 valence electrons. The van der Waals surface area contributed by atoms with Crippen LogP contribution in [0.3, 0.4) is 0 Å². The Morgan fingerprint density at radius 2 is 2.07 bits per heavy atom. The summed E-state index contributed by atoms with van der Waals surface area (Å²) in [5, 5.41) is 0.905. The highest BCUT2D eigenvalue weighted by Crippen LogP contribution is 2.25. The normalized spacial score (nSPS) is 12.3. The van der Waals surface area contributed by atoms with Gasteiger partial charge in [-0.1, -0.05) is 31.2 Å². The Morgan fingerprint density at radius 1 is 1.40 bits per heavy atom. The number of nitrogens with zero attached hydrogens (tertiary/aromatic N) is 1. The maximum atomic E-state index is 13.1. The molecule has 0 bridgehead atoms. The van der Waals surface area contributed by atoms with Crippen LogP contribution in [0.25, 0.3) is 11.1 Å². The molecule has 0 atom stereocenters. The minimum absolute atomic E-state index is 0.0181. The SMILES string of the molecule is C[Si](C)(C)c1cc2ncc(F)c(Cl)c2o1. The summed E-state index contributed by atoms with van der Waals surface area (Å²) in [5.74, 6) is -0.541. The maximum Gasteiger partial charge on any atom is 0.173 e. The second-order valence-electron chi connectivity index (χ2n) is 4.50. The number of rotatable bonds is 1. The number of hydrogen-bond donors (Lipinski definition) is 0. The largest absolute Gasteiger partial charge is 0.463 e. The fraction of sp³-hybridized carbons (Fsp3) is 0.300. The highest BCUT2D eigenvalue weighted by molar-refractivity contribution is 6.87. The zero-order valence-electron chi connectivity index (χ0n) is 8.77. The van der Waals surface area contributed by atoms with Gasteiger partial charge in [0, 0.05) is 6.07 Å². The van der Waals surface area contributed by atoms with Gasteiger partial charge in [0.2, 0.25) is 0 Å². The fourth-order valence-electron chi connectivity index (χ4n) is 1.30. The first kappa shape index (κ1) is 10.6. The van der Waals surface area contributed by atoms with Crippen LogP contribution in [0, 0.1) is 5.82 Å². The summed E-state index contributed by atoms with van der Waals surface area (Å²) in [7, 11) is -1.54. The molecule has 2 aromatic heterocycles. The Balaban J connectivity index is 2.72. The Morgan fingerprint density at radius 3 is 2.67 bits per heavy atom. The standard InChI is InChI=1S/C10H11ClFNOSi/c1-15(2,3)8-4-7-10(14-8)9(11)6(12)5-13-7/h4-5H,1-3H3. The molecule has 0 N–H and O–H groups in total. The zero-order chi connectivity index (χ0) is 11.2. The highest BCUT2D eigenvalue weighted by atomic mass is 35.5. The van der Waals surface area contributed by atoms with Gasteiger partial charge in [0.05, 0.1) is 11.6 Å². The minimum Gasteiger partial charge on any atom is -0.463 e. The smallest absolute Gasteiger partial charge is 0.173 e. The lowest BCUT2D eigenvalue weighted by molar-refractivity contribution is 0.609. The topological polar surface area (TPSA) is 26.0 Å². The molecule has 0 aromatic carbocycles. The van der Waals surface area contributed by atoms with Crippen molar-refractivity contribution in [2.75, 3.05) is 0 Å². The third-order valence-corrected chi connectivity index (χ3v) is 4.25. The van der Waals surface area contributed by atoms with Crippen LogP contribution < -0.4 is 5.38 Å². The first-order valence-electron chi connectivity index (χ1n) is 4.63. The highest BCUT2D eigenvalue weighted by Gasteiger charge is 2.23. The molecule has 0 aliphatic rings. The lowest BCUT2D eigenvalue weighted by Gasteiger charge is -2.10. The average Bonchev–Trinajstić information content (AvgIpc) is 2.55. The van der Waals surface area contributed by atoms with E-state index in [1.807, 2.05) is 6.07 Å². The summed E-state index contributed by atoms with van der Waals surface area (Å²) in [6, 6.07) is 1.85. The van der Waals surface area contributed by atoms with Crippen molar-refractivity contribution in [2.24, 2.45) is 0 Å². The van der Waals surface area contributed by atoms with E-state index in [2.05, 4.69) is 24.6 Å². The molecule has 0 spiro atoms. The van der Waals surface area contributed by atoms with Crippen LogP contribution in [0.1, 0.15) is 0 Å². The number of fused-ring (bicyclic) bond motifs is 1. The Kier molecular flexibility index (Phi) is 2.35. The molecule has 0 aliphatic heterocycles. The third-order valence-electron chi connectivity index (χ3n) is 2.18. The van der Waals surface area contributed by atoms with E-state index in [-0.39, 0.29) is 5.02 Å². The molecule has 2 aromatic rings. The van der Waals surface area contributed by atoms with E-state index in [1.54, 1.807) is 0 Å². The Hall–Kier alpha value is -0.873. The fourth-order valence-corrected chi connectivity index (χ4v) is 2.46. The zero-order valence-corrected chi connectivity index (χ0v) is 10.5. The molecule has 0 saturated heterocycles. The van der Waals surface area contributed by atoms with Crippen LogP contribution in [-0.4, -0.2) is 13.1 Å². The molecule has 0 saturated carbocycles. The van der Waals surface area contributed by atoms with Gasteiger partial charge >= 0.3 is 0 Å². The summed E-state index contributed by atoms with van der Waals surface area (Å²) < 4.78 is 18.7. The van der Waals surface area contributed by atoms with Crippen LogP contribution in [0.4, 0.5) is 4.39 Å². The average molecular weight is 244 g/mol. The lowest BCUT2D eigenvalue weighted by atomic mass is 10.4. The van der Waals surface area contributed by atoms with Crippen LogP contribution >= 0.6 is 11.6 Å². The van der Waals surface area contributed by atoms with Crippen molar-refractivity contribution in [3.63, 3.8) is 0 Å². The lowest BCUT2D eigenvalue weighted by Crippen LogP contribution is -2.36. The number of aromatic nitrogens is 1. The van der Waals surface area contributed by atoms with Gasteiger partial charge in [0.1, 0.15) is 18.6 Å². The number of pyridine rings is 1. The predicted octanol–water partition coefficient (Wildman–Crippen LogP) is 3.17. The molecule has 15 heavy (non-hydrogen) atoms. The van der Waals surface area contributed by atoms with Crippen molar-refractivity contribution in [1.82, 2.24) is 4.98 Å². The van der Waals surface area contributed by atoms with E-state index in [9.17, 15) is 4.39 Å². The summed E-state index contributed by atoms with van der Waals surface area (Å²) >= 11 is 5.80. The predicted molar refractivity (Wildman–Crippen MR) is 62.0 cm³/mol. The Labute approximate surface area is 93.1 Å². The summed E-state index contributed by atoms with van der Waals surface area (Å²) in [4.78, 5) is 3.94. The molecule has 2 heterocycles. The van der Waals surface area contributed by atoms with Crippen LogP contribution in [0.15, 0.2) is 16.7 Å². The van der Waals surface area contributed by atoms with E-state index >= 15 is 0 Å². The summed E-state index contributed by atoms with van der Waals surface area (Å²) in [6.45, 7) is 6.44. The van der Waals surface area contributed by atoms with Crippen molar-refractivity contribution in [2.45, 2.75) is 19.6 Å². The van der Waals surface area contributed by atoms with E-state index < -0.39 is 13.9 Å². The van der Waals surface area contributed by atoms with Crippen molar-refractivity contribution in [3.8, 4) is 0 Å². The summed E-state index contributed by atoms with van der Waals surface area (Å²) in [5.41, 5.74) is 0.980. The molecule has 0 radical (unpaired) electrons. The van der Waals surface area contributed by atoms with E-state index in [0.717, 1.165) is 11.6 Å². The maximum absolute atomic E-state index is 13.1. The molecule has 0 aliphatic carbocycles. The second-order valence-corrected chi connectivity index (χ2v) is 9.87. The molecule has 0 amide bonds. The van der Waals surface area contributed by atoms with E-state index in [4.69, 9.17) is 16.0 Å². The van der Waals surface area contributed by atoms with Gasteiger partial charge in [0.25, 0.3) is 0 Å². The monoisotopic (exact) mass is 243 g/mol. The van der Waals surface area contributed by atoms with Gasteiger partial charge in [-0.2, -0.15) is 0 Å². The second kappa shape index (κ2) is 3.32. The number of hydrogen-bond acceptors (Lipinski definition) is 2. The first-order valence-corrected chi connectivity index (χ1v) is 8.51. The first-order chi connectivity index (χ1) is 6.89. The molecule has 2 nitrogen and oxygen atoms in total. The van der Waals surface area contributed by atoms with Gasteiger partial charge < -0.3 is 4.42 Å². The summed E-state index contributed by atoms with van der Waals surface area (Å²) in [6.07, 6.45) is 1.12. The molecule has 2 rings (SSSR count). The van der Waals surface area contributed by atoms with Crippen LogP contribution in [0.2, 0.25) is 24.7 Å². The molecular weight excluding hydrogens is 233 g/mol. The van der Waals surface area contributed by atoms with Gasteiger partial charge in [-0.25, -0.2) is 9.37 Å². The molecular formula is C10H11ClFNOSi. The van der Waals surface area contributed by atoms with Crippen LogP contribution in [-0.2, 0) is 0 Å². The minimum atomic E-state index is -1.54. The van der Waals surface area contributed by atoms with E-state index in [1.165, 1.54) is 0 Å². The van der Waals surface area contributed by atoms with Gasteiger partial charge in [0.15, 0.2) is 11.4 Å². The van der Waals surface area contributed by atoms with Crippen LogP contribution in [0.5, 0.6) is 0 Å². The van der Waals surface area contributed by atoms with Crippen molar-refractivity contribution < 1.29 is 8.81 Å². The van der Waals surface area contributed by atoms with Crippen molar-refractivity contribution in [1.29, 1.82) is 0 Å². The Bertz CT molecular complexity index is 518. The number of furan rings is 1. The van der Waals surface area contributed by atoms with Crippen molar-refractivity contribution >= 4 is 36.2 Å². The molecule has 5 heteroatoms. The molecule has 0 unspecified atom stereocenters. The van der Waals surface area contributed by atoms with E-state index in [0.29, 0.717) is 11.1 Å². The van der Waals surface area contributed by atoms with Gasteiger partial charge in [-0.15, -0.1) is 0 Å². The third kappa shape index (κ3) is 1.79. The van der Waals surface area contributed by atoms with Crippen molar-refractivity contribution in [3.05, 3.63) is 23.1 Å².